The lowest BCUT2D eigenvalue weighted by Gasteiger charge is -2.20. The average Bonchev–Trinajstić information content (AvgIpc) is 2.65. The van der Waals surface area contributed by atoms with E-state index in [-0.39, 0.29) is 0 Å². The number of aliphatic hydroxyl groups excluding tert-OH is 1. The zero-order valence-corrected chi connectivity index (χ0v) is 14.7. The molecule has 0 aliphatic carbocycles. The van der Waals surface area contributed by atoms with Gasteiger partial charge in [0.2, 0.25) is 0 Å². The summed E-state index contributed by atoms with van der Waals surface area (Å²) in [5.74, 6) is 1.48. The molecule has 130 valence electrons. The van der Waals surface area contributed by atoms with E-state index < -0.39 is 6.10 Å². The van der Waals surface area contributed by atoms with Crippen molar-refractivity contribution in [2.75, 3.05) is 20.8 Å². The molecule has 0 bridgehead atoms. The summed E-state index contributed by atoms with van der Waals surface area (Å²) in [6, 6.07) is 16.0. The third-order valence-corrected chi connectivity index (χ3v) is 4.21. The maximum absolute atomic E-state index is 10.3. The second-order valence-electron chi connectivity index (χ2n) is 5.83. The average molecular weight is 329 g/mol. The van der Waals surface area contributed by atoms with Crippen molar-refractivity contribution in [2.24, 2.45) is 0 Å². The Morgan fingerprint density at radius 1 is 1.00 bits per heavy atom. The minimum absolute atomic E-state index is 0.293. The van der Waals surface area contributed by atoms with Gasteiger partial charge in [-0.3, -0.25) is 0 Å². The Hall–Kier alpha value is -2.04. The molecule has 4 nitrogen and oxygen atoms in total. The summed E-state index contributed by atoms with van der Waals surface area (Å²) >= 11 is 0. The molecule has 24 heavy (non-hydrogen) atoms. The fraction of sp³-hybridized carbons (Fsp3) is 0.400. The Morgan fingerprint density at radius 2 is 1.71 bits per heavy atom. The molecule has 0 saturated heterocycles. The van der Waals surface area contributed by atoms with Crippen LogP contribution >= 0.6 is 0 Å². The van der Waals surface area contributed by atoms with Crippen LogP contribution in [0.25, 0.3) is 0 Å². The Labute approximate surface area is 144 Å². The molecule has 2 atom stereocenters. The Kier molecular flexibility index (Phi) is 7.09. The van der Waals surface area contributed by atoms with Crippen molar-refractivity contribution in [3.05, 3.63) is 59.7 Å². The molecular formula is C20H27NO3. The Morgan fingerprint density at radius 3 is 2.33 bits per heavy atom. The van der Waals surface area contributed by atoms with E-state index in [9.17, 15) is 5.11 Å². The molecule has 0 aliphatic rings. The van der Waals surface area contributed by atoms with Gasteiger partial charge in [-0.1, -0.05) is 43.3 Å². The van der Waals surface area contributed by atoms with Gasteiger partial charge in [0.15, 0.2) is 11.5 Å². The normalized spacial score (nSPS) is 13.3. The van der Waals surface area contributed by atoms with Crippen LogP contribution in [0.15, 0.2) is 48.5 Å². The van der Waals surface area contributed by atoms with Crippen molar-refractivity contribution in [3.8, 4) is 11.5 Å². The first-order chi connectivity index (χ1) is 11.7. The van der Waals surface area contributed by atoms with Crippen LogP contribution < -0.4 is 14.8 Å². The van der Waals surface area contributed by atoms with Gasteiger partial charge in [0.05, 0.1) is 20.3 Å². The van der Waals surface area contributed by atoms with E-state index in [1.54, 1.807) is 14.2 Å². The largest absolute Gasteiger partial charge is 0.493 e. The smallest absolute Gasteiger partial charge is 0.160 e. The minimum Gasteiger partial charge on any atom is -0.493 e. The van der Waals surface area contributed by atoms with Gasteiger partial charge in [-0.2, -0.15) is 0 Å². The van der Waals surface area contributed by atoms with Crippen LogP contribution in [0.2, 0.25) is 0 Å². The van der Waals surface area contributed by atoms with E-state index in [2.05, 4.69) is 18.3 Å². The molecule has 4 heteroatoms. The highest BCUT2D eigenvalue weighted by atomic mass is 16.5. The summed E-state index contributed by atoms with van der Waals surface area (Å²) < 4.78 is 10.6. The van der Waals surface area contributed by atoms with Crippen molar-refractivity contribution in [3.63, 3.8) is 0 Å². The fourth-order valence-electron chi connectivity index (χ4n) is 2.72. The molecule has 0 fully saturated rings. The summed E-state index contributed by atoms with van der Waals surface area (Å²) in [5.41, 5.74) is 2.12. The van der Waals surface area contributed by atoms with Crippen molar-refractivity contribution >= 4 is 0 Å². The highest BCUT2D eigenvalue weighted by molar-refractivity contribution is 5.43. The zero-order valence-electron chi connectivity index (χ0n) is 14.7. The summed E-state index contributed by atoms with van der Waals surface area (Å²) in [4.78, 5) is 0. The van der Waals surface area contributed by atoms with Crippen LogP contribution in [-0.2, 0) is 6.42 Å². The van der Waals surface area contributed by atoms with E-state index in [1.165, 1.54) is 5.56 Å². The topological polar surface area (TPSA) is 50.7 Å². The molecule has 0 amide bonds. The first-order valence-corrected chi connectivity index (χ1v) is 8.35. The lowest BCUT2D eigenvalue weighted by molar-refractivity contribution is 0.169. The van der Waals surface area contributed by atoms with Crippen LogP contribution in [0.3, 0.4) is 0 Å². The first kappa shape index (κ1) is 18.3. The van der Waals surface area contributed by atoms with E-state index in [0.717, 1.165) is 29.9 Å². The molecule has 0 heterocycles. The number of aliphatic hydroxyl groups is 1. The maximum Gasteiger partial charge on any atom is 0.160 e. The summed E-state index contributed by atoms with van der Waals surface area (Å²) in [6.45, 7) is 2.68. The minimum atomic E-state index is -0.495. The molecule has 0 aromatic heterocycles. The van der Waals surface area contributed by atoms with E-state index >= 15 is 0 Å². The number of nitrogens with one attached hydrogen (secondary N) is 1. The number of benzene rings is 2. The van der Waals surface area contributed by atoms with Crippen molar-refractivity contribution < 1.29 is 14.6 Å². The van der Waals surface area contributed by atoms with Crippen LogP contribution in [0.1, 0.15) is 30.6 Å². The van der Waals surface area contributed by atoms with E-state index in [4.69, 9.17) is 9.47 Å². The maximum atomic E-state index is 10.3. The molecule has 2 aromatic rings. The third-order valence-electron chi connectivity index (χ3n) is 4.21. The summed E-state index contributed by atoms with van der Waals surface area (Å²) in [6.07, 6.45) is 1.36. The second-order valence-corrected chi connectivity index (χ2v) is 5.83. The molecule has 0 aliphatic heterocycles. The quantitative estimate of drug-likeness (QED) is 0.741. The predicted molar refractivity (Wildman–Crippen MR) is 96.7 cm³/mol. The van der Waals surface area contributed by atoms with Gasteiger partial charge < -0.3 is 19.9 Å². The van der Waals surface area contributed by atoms with E-state index in [1.807, 2.05) is 42.5 Å². The SMILES string of the molecule is CC[C@H](Cc1ccc(OC)c(OC)c1)NC[C@H](O)c1ccccc1. The molecule has 2 rings (SSSR count). The van der Waals surface area contributed by atoms with Gasteiger partial charge in [-0.05, 0) is 36.1 Å². The monoisotopic (exact) mass is 329 g/mol. The number of hydrogen-bond donors (Lipinski definition) is 2. The Bertz CT molecular complexity index is 616. The predicted octanol–water partition coefficient (Wildman–Crippen LogP) is 3.35. The third kappa shape index (κ3) is 4.98. The van der Waals surface area contributed by atoms with Gasteiger partial charge in [-0.15, -0.1) is 0 Å². The first-order valence-electron chi connectivity index (χ1n) is 8.35. The summed E-state index contributed by atoms with van der Waals surface area (Å²) in [7, 11) is 3.28. The van der Waals surface area contributed by atoms with Gasteiger partial charge in [0.25, 0.3) is 0 Å². The van der Waals surface area contributed by atoms with Crippen molar-refractivity contribution in [1.29, 1.82) is 0 Å². The number of methoxy groups -OCH3 is 2. The van der Waals surface area contributed by atoms with E-state index in [0.29, 0.717) is 12.6 Å². The van der Waals surface area contributed by atoms with Gasteiger partial charge >= 0.3 is 0 Å². The highest BCUT2D eigenvalue weighted by Crippen LogP contribution is 2.28. The Balaban J connectivity index is 1.94. The number of rotatable bonds is 9. The fourth-order valence-corrected chi connectivity index (χ4v) is 2.72. The van der Waals surface area contributed by atoms with Gasteiger partial charge in [-0.25, -0.2) is 0 Å². The molecule has 0 saturated carbocycles. The molecule has 2 aromatic carbocycles. The zero-order chi connectivity index (χ0) is 17.4. The molecule has 0 spiro atoms. The van der Waals surface area contributed by atoms with Crippen molar-refractivity contribution in [1.82, 2.24) is 5.32 Å². The van der Waals surface area contributed by atoms with Gasteiger partial charge in [0.1, 0.15) is 0 Å². The molecule has 0 unspecified atom stereocenters. The van der Waals surface area contributed by atoms with Gasteiger partial charge in [0, 0.05) is 12.6 Å². The standard InChI is InChI=1S/C20H27NO3/c1-4-17(21-14-18(22)16-8-6-5-7-9-16)12-15-10-11-19(23-2)20(13-15)24-3/h5-11,13,17-18,21-22H,4,12,14H2,1-3H3/t17-,18+/m1/s1. The molecule has 2 N–H and O–H groups in total. The van der Waals surface area contributed by atoms with Crippen LogP contribution in [0.5, 0.6) is 11.5 Å². The van der Waals surface area contributed by atoms with Crippen molar-refractivity contribution in [2.45, 2.75) is 31.9 Å². The molecule has 0 radical (unpaired) electrons. The van der Waals surface area contributed by atoms with Crippen LogP contribution in [-0.4, -0.2) is 31.9 Å². The highest BCUT2D eigenvalue weighted by Gasteiger charge is 2.13. The second kappa shape index (κ2) is 9.30. The number of ether oxygens (including phenoxy) is 2. The van der Waals surface area contributed by atoms with Crippen LogP contribution in [0, 0.1) is 0 Å². The summed E-state index contributed by atoms with van der Waals surface area (Å²) in [5, 5.41) is 13.7. The number of hydrogen-bond acceptors (Lipinski definition) is 4. The van der Waals surface area contributed by atoms with Crippen LogP contribution in [0.4, 0.5) is 0 Å². The molecular weight excluding hydrogens is 302 g/mol. The lowest BCUT2D eigenvalue weighted by atomic mass is 10.0. The lowest BCUT2D eigenvalue weighted by Crippen LogP contribution is -2.34.